The molecule has 1 aliphatic carbocycles. The molecule has 0 radical (unpaired) electrons. The molecule has 2 rings (SSSR count). The van der Waals surface area contributed by atoms with Gasteiger partial charge in [-0.05, 0) is 48.0 Å². The summed E-state index contributed by atoms with van der Waals surface area (Å²) in [6, 6.07) is 9.73. The van der Waals surface area contributed by atoms with Gasteiger partial charge in [-0.2, -0.15) is 0 Å². The second-order valence-corrected chi connectivity index (χ2v) is 8.34. The van der Waals surface area contributed by atoms with E-state index in [4.69, 9.17) is 5.73 Å². The van der Waals surface area contributed by atoms with Gasteiger partial charge in [0.05, 0.1) is 6.10 Å². The predicted octanol–water partition coefficient (Wildman–Crippen LogP) is 4.06. The maximum absolute atomic E-state index is 12.2. The molecule has 3 unspecified atom stereocenters. The summed E-state index contributed by atoms with van der Waals surface area (Å²) in [4.78, 5) is 12.2. The van der Waals surface area contributed by atoms with Gasteiger partial charge in [-0.1, -0.05) is 58.0 Å². The van der Waals surface area contributed by atoms with Crippen LogP contribution in [0, 0.1) is 22.7 Å². The first-order valence-electron chi connectivity index (χ1n) is 8.70. The van der Waals surface area contributed by atoms with Crippen LogP contribution in [0.4, 0.5) is 0 Å². The maximum atomic E-state index is 12.2. The summed E-state index contributed by atoms with van der Waals surface area (Å²) in [5, 5.41) is 10.8. The molecule has 1 amide bonds. The molecule has 3 heteroatoms. The smallest absolute Gasteiger partial charge is 0.221 e. The summed E-state index contributed by atoms with van der Waals surface area (Å²) in [5.41, 5.74) is 6.62. The lowest BCUT2D eigenvalue weighted by Crippen LogP contribution is -2.49. The van der Waals surface area contributed by atoms with E-state index in [0.29, 0.717) is 12.3 Å². The molecule has 128 valence electrons. The van der Waals surface area contributed by atoms with Gasteiger partial charge < -0.3 is 10.8 Å². The molecule has 0 bridgehead atoms. The van der Waals surface area contributed by atoms with E-state index in [9.17, 15) is 9.90 Å². The topological polar surface area (TPSA) is 63.3 Å². The molecule has 1 saturated carbocycles. The number of nitrogens with two attached hydrogens (primary N) is 1. The van der Waals surface area contributed by atoms with E-state index < -0.39 is 6.10 Å². The first kappa shape index (κ1) is 18.0. The highest BCUT2D eigenvalue weighted by atomic mass is 16.3. The minimum absolute atomic E-state index is 0.135. The summed E-state index contributed by atoms with van der Waals surface area (Å²) in [6.07, 6.45) is 2.85. The summed E-state index contributed by atoms with van der Waals surface area (Å²) in [7, 11) is 0. The van der Waals surface area contributed by atoms with Gasteiger partial charge in [0.25, 0.3) is 0 Å². The standard InChI is InChI=1S/C20H31NO2/c1-14(2)20(13-17(22)15-8-6-5-7-9-15)11-10-19(3,4)12-16(20)18(21)23/h5-9,14,16-17,22H,10-13H2,1-4H3,(H2,21,23). The van der Waals surface area contributed by atoms with Gasteiger partial charge in [0, 0.05) is 5.92 Å². The third-order valence-corrected chi connectivity index (χ3v) is 5.97. The Kier molecular flexibility index (Phi) is 5.20. The Balaban J connectivity index is 2.32. The van der Waals surface area contributed by atoms with E-state index in [-0.39, 0.29) is 22.7 Å². The van der Waals surface area contributed by atoms with Crippen molar-refractivity contribution in [1.82, 2.24) is 0 Å². The average molecular weight is 317 g/mol. The Bertz CT molecular complexity index is 538. The van der Waals surface area contributed by atoms with Crippen molar-refractivity contribution in [3.05, 3.63) is 35.9 Å². The van der Waals surface area contributed by atoms with E-state index in [2.05, 4.69) is 27.7 Å². The Labute approximate surface area is 140 Å². The van der Waals surface area contributed by atoms with E-state index in [0.717, 1.165) is 24.8 Å². The molecular weight excluding hydrogens is 286 g/mol. The molecule has 3 atom stereocenters. The number of aliphatic hydroxyl groups is 1. The maximum Gasteiger partial charge on any atom is 0.221 e. The molecule has 0 saturated heterocycles. The molecule has 0 aliphatic heterocycles. The van der Waals surface area contributed by atoms with Crippen molar-refractivity contribution in [3.8, 4) is 0 Å². The molecule has 0 aromatic heterocycles. The van der Waals surface area contributed by atoms with Gasteiger partial charge in [0.15, 0.2) is 0 Å². The van der Waals surface area contributed by atoms with Crippen LogP contribution >= 0.6 is 0 Å². The number of primary amides is 1. The lowest BCUT2D eigenvalue weighted by atomic mass is 9.53. The Hall–Kier alpha value is -1.35. The zero-order chi connectivity index (χ0) is 17.3. The van der Waals surface area contributed by atoms with Gasteiger partial charge in [-0.15, -0.1) is 0 Å². The van der Waals surface area contributed by atoms with Crippen molar-refractivity contribution in [2.75, 3.05) is 0 Å². The van der Waals surface area contributed by atoms with Gasteiger partial charge in [0.1, 0.15) is 0 Å². The number of amides is 1. The first-order chi connectivity index (χ1) is 10.7. The van der Waals surface area contributed by atoms with Crippen molar-refractivity contribution in [1.29, 1.82) is 0 Å². The lowest BCUT2D eigenvalue weighted by Gasteiger charge is -2.51. The first-order valence-corrected chi connectivity index (χ1v) is 8.70. The van der Waals surface area contributed by atoms with Crippen LogP contribution in [0.5, 0.6) is 0 Å². The van der Waals surface area contributed by atoms with Crippen molar-refractivity contribution < 1.29 is 9.90 Å². The fourth-order valence-corrected chi connectivity index (χ4v) is 4.31. The van der Waals surface area contributed by atoms with E-state index >= 15 is 0 Å². The quantitative estimate of drug-likeness (QED) is 0.860. The molecule has 3 N–H and O–H groups in total. The normalized spacial score (nSPS) is 28.5. The summed E-state index contributed by atoms with van der Waals surface area (Å²) in [5.74, 6) is -0.0918. The Morgan fingerprint density at radius 2 is 1.87 bits per heavy atom. The number of hydrogen-bond donors (Lipinski definition) is 2. The Morgan fingerprint density at radius 3 is 2.39 bits per heavy atom. The number of benzene rings is 1. The summed E-state index contributed by atoms with van der Waals surface area (Å²) >= 11 is 0. The van der Waals surface area contributed by atoms with E-state index in [1.807, 2.05) is 30.3 Å². The predicted molar refractivity (Wildman–Crippen MR) is 93.6 cm³/mol. The number of carbonyl (C=O) groups excluding carboxylic acids is 1. The molecule has 1 aliphatic rings. The Morgan fingerprint density at radius 1 is 1.26 bits per heavy atom. The highest BCUT2D eigenvalue weighted by molar-refractivity contribution is 5.78. The zero-order valence-corrected chi connectivity index (χ0v) is 14.9. The van der Waals surface area contributed by atoms with Crippen LogP contribution in [0.2, 0.25) is 0 Å². The van der Waals surface area contributed by atoms with Crippen LogP contribution in [-0.4, -0.2) is 11.0 Å². The van der Waals surface area contributed by atoms with Crippen LogP contribution in [0.25, 0.3) is 0 Å². The third kappa shape index (κ3) is 3.77. The second-order valence-electron chi connectivity index (χ2n) is 8.34. The number of aliphatic hydroxyl groups excluding tert-OH is 1. The van der Waals surface area contributed by atoms with Crippen LogP contribution in [0.3, 0.4) is 0 Å². The number of hydrogen-bond acceptors (Lipinski definition) is 2. The van der Waals surface area contributed by atoms with Gasteiger partial charge in [-0.25, -0.2) is 0 Å². The highest BCUT2D eigenvalue weighted by Crippen LogP contribution is 2.56. The second kappa shape index (κ2) is 6.64. The van der Waals surface area contributed by atoms with Crippen LogP contribution in [0.15, 0.2) is 30.3 Å². The molecule has 23 heavy (non-hydrogen) atoms. The molecule has 0 heterocycles. The summed E-state index contributed by atoms with van der Waals surface area (Å²) in [6.45, 7) is 8.74. The number of rotatable bonds is 5. The molecule has 1 fully saturated rings. The van der Waals surface area contributed by atoms with E-state index in [1.165, 1.54) is 0 Å². The third-order valence-electron chi connectivity index (χ3n) is 5.97. The SMILES string of the molecule is CC(C)C1(CC(O)c2ccccc2)CCC(C)(C)CC1C(N)=O. The molecule has 0 spiro atoms. The fraction of sp³-hybridized carbons (Fsp3) is 0.650. The fourth-order valence-electron chi connectivity index (χ4n) is 4.31. The van der Waals surface area contributed by atoms with Crippen molar-refractivity contribution in [2.45, 2.75) is 59.5 Å². The van der Waals surface area contributed by atoms with Crippen molar-refractivity contribution in [2.24, 2.45) is 28.4 Å². The van der Waals surface area contributed by atoms with Gasteiger partial charge in [0.2, 0.25) is 5.91 Å². The van der Waals surface area contributed by atoms with E-state index in [1.54, 1.807) is 0 Å². The van der Waals surface area contributed by atoms with Crippen molar-refractivity contribution in [3.63, 3.8) is 0 Å². The highest BCUT2D eigenvalue weighted by Gasteiger charge is 2.51. The minimum atomic E-state index is -0.554. The molecular formula is C20H31NO2. The molecule has 3 nitrogen and oxygen atoms in total. The van der Waals surface area contributed by atoms with Crippen LogP contribution in [0.1, 0.15) is 65.0 Å². The summed E-state index contributed by atoms with van der Waals surface area (Å²) < 4.78 is 0. The minimum Gasteiger partial charge on any atom is -0.388 e. The van der Waals surface area contributed by atoms with Gasteiger partial charge in [-0.3, -0.25) is 4.79 Å². The van der Waals surface area contributed by atoms with Crippen LogP contribution < -0.4 is 5.73 Å². The monoisotopic (exact) mass is 317 g/mol. The molecule has 1 aromatic rings. The lowest BCUT2D eigenvalue weighted by molar-refractivity contribution is -0.136. The van der Waals surface area contributed by atoms with Crippen molar-refractivity contribution >= 4 is 5.91 Å². The average Bonchev–Trinajstić information content (AvgIpc) is 2.49. The van der Waals surface area contributed by atoms with Gasteiger partial charge >= 0.3 is 0 Å². The molecule has 1 aromatic carbocycles. The largest absolute Gasteiger partial charge is 0.388 e. The van der Waals surface area contributed by atoms with Crippen LogP contribution in [-0.2, 0) is 4.79 Å². The zero-order valence-electron chi connectivity index (χ0n) is 14.9. The number of carbonyl (C=O) groups is 1.